The highest BCUT2D eigenvalue weighted by atomic mass is 32.2. The Balaban J connectivity index is 2.00. The average Bonchev–Trinajstić information content (AvgIpc) is 2.73. The first-order chi connectivity index (χ1) is 7.74. The van der Waals surface area contributed by atoms with Crippen molar-refractivity contribution >= 4 is 21.6 Å². The van der Waals surface area contributed by atoms with E-state index in [1.165, 1.54) is 0 Å². The molecular weight excluding hydrogens is 266 g/mol. The topological polar surface area (TPSA) is 34.1 Å². The maximum absolute atomic E-state index is 13.5. The summed E-state index contributed by atoms with van der Waals surface area (Å²) in [5.74, 6) is 0.730. The summed E-state index contributed by atoms with van der Waals surface area (Å²) in [5.41, 5.74) is 0. The molecule has 4 unspecified atom stereocenters. The predicted octanol–water partition coefficient (Wildman–Crippen LogP) is 2.79. The normalized spacial score (nSPS) is 37.6. The molecule has 6 heteroatoms. The molecule has 2 fully saturated rings. The van der Waals surface area contributed by atoms with Gasteiger partial charge in [0.1, 0.15) is 0 Å². The lowest BCUT2D eigenvalue weighted by Gasteiger charge is -2.29. The highest BCUT2D eigenvalue weighted by Gasteiger charge is 2.51. The van der Waals surface area contributed by atoms with Gasteiger partial charge in [-0.05, 0) is 43.3 Å². The highest BCUT2D eigenvalue weighted by molar-refractivity contribution is 7.99. The van der Waals surface area contributed by atoms with Gasteiger partial charge in [-0.3, -0.25) is 0 Å². The van der Waals surface area contributed by atoms with Crippen molar-refractivity contribution in [1.82, 2.24) is 0 Å². The van der Waals surface area contributed by atoms with Crippen LogP contribution in [0.2, 0.25) is 0 Å². The fourth-order valence-corrected chi connectivity index (χ4v) is 4.90. The van der Waals surface area contributed by atoms with Crippen molar-refractivity contribution in [3.63, 3.8) is 0 Å². The second-order valence-electron chi connectivity index (χ2n) is 5.38. The molecule has 17 heavy (non-hydrogen) atoms. The van der Waals surface area contributed by atoms with Crippen molar-refractivity contribution < 1.29 is 17.2 Å². The molecule has 0 saturated heterocycles. The van der Waals surface area contributed by atoms with E-state index >= 15 is 0 Å². The van der Waals surface area contributed by atoms with Crippen molar-refractivity contribution in [3.8, 4) is 0 Å². The average molecular weight is 284 g/mol. The van der Waals surface area contributed by atoms with E-state index in [4.69, 9.17) is 0 Å². The molecule has 2 aliphatic carbocycles. The lowest BCUT2D eigenvalue weighted by Crippen LogP contribution is -2.33. The Kier molecular flexibility index (Phi) is 3.49. The zero-order chi connectivity index (χ0) is 12.8. The number of fused-ring (bicyclic) bond motifs is 2. The summed E-state index contributed by atoms with van der Waals surface area (Å²) < 4.78 is 49.0. The van der Waals surface area contributed by atoms with Crippen LogP contribution in [0.4, 0.5) is 8.78 Å². The van der Waals surface area contributed by atoms with Crippen molar-refractivity contribution in [2.75, 3.05) is 12.5 Å². The third-order valence-electron chi connectivity index (χ3n) is 4.28. The fourth-order valence-electron chi connectivity index (χ4n) is 3.34. The molecule has 2 bridgehead atoms. The Morgan fingerprint density at radius 2 is 1.88 bits per heavy atom. The standard InChI is InChI=1S/C11H18F2O2S2/c1-16-10-5-7-3-8(10)4-9(7)6-11(12,13)17(2,14)15/h7-10H,3-6H2,1-2H3. The lowest BCUT2D eigenvalue weighted by atomic mass is 9.86. The van der Waals surface area contributed by atoms with E-state index in [1.54, 1.807) is 0 Å². The number of rotatable bonds is 4. The van der Waals surface area contributed by atoms with Crippen LogP contribution in [0.1, 0.15) is 25.7 Å². The smallest absolute Gasteiger partial charge is 0.223 e. The maximum atomic E-state index is 13.5. The number of hydrogen-bond acceptors (Lipinski definition) is 3. The van der Waals surface area contributed by atoms with Crippen LogP contribution < -0.4 is 0 Å². The van der Waals surface area contributed by atoms with Gasteiger partial charge in [-0.15, -0.1) is 0 Å². The van der Waals surface area contributed by atoms with Crippen LogP contribution in [-0.4, -0.2) is 31.4 Å². The first kappa shape index (κ1) is 13.6. The second-order valence-corrected chi connectivity index (χ2v) is 8.59. The van der Waals surface area contributed by atoms with Gasteiger partial charge in [0.05, 0.1) is 0 Å². The van der Waals surface area contributed by atoms with Crippen LogP contribution in [0.15, 0.2) is 0 Å². The van der Waals surface area contributed by atoms with Crippen LogP contribution in [0.25, 0.3) is 0 Å². The largest absolute Gasteiger partial charge is 0.345 e. The molecule has 4 atom stereocenters. The molecule has 0 N–H and O–H groups in total. The van der Waals surface area contributed by atoms with Gasteiger partial charge in [0, 0.05) is 17.9 Å². The molecule has 2 saturated carbocycles. The van der Waals surface area contributed by atoms with Crippen LogP contribution >= 0.6 is 11.8 Å². The number of sulfone groups is 1. The minimum Gasteiger partial charge on any atom is -0.223 e. The van der Waals surface area contributed by atoms with E-state index in [2.05, 4.69) is 6.26 Å². The van der Waals surface area contributed by atoms with Crippen LogP contribution in [0.5, 0.6) is 0 Å². The van der Waals surface area contributed by atoms with E-state index in [9.17, 15) is 17.2 Å². The summed E-state index contributed by atoms with van der Waals surface area (Å²) in [6.45, 7) is 0. The summed E-state index contributed by atoms with van der Waals surface area (Å²) in [5, 5.41) is -2.94. The molecule has 2 nitrogen and oxygen atoms in total. The van der Waals surface area contributed by atoms with Crippen molar-refractivity contribution in [2.45, 2.75) is 36.2 Å². The Morgan fingerprint density at radius 3 is 2.29 bits per heavy atom. The monoisotopic (exact) mass is 284 g/mol. The van der Waals surface area contributed by atoms with E-state index < -0.39 is 21.5 Å². The molecule has 0 aromatic rings. The van der Waals surface area contributed by atoms with Crippen molar-refractivity contribution in [2.24, 2.45) is 17.8 Å². The van der Waals surface area contributed by atoms with Crippen molar-refractivity contribution in [3.05, 3.63) is 0 Å². The number of hydrogen-bond donors (Lipinski definition) is 0. The summed E-state index contributed by atoms with van der Waals surface area (Å²) in [6, 6.07) is 0. The zero-order valence-corrected chi connectivity index (χ0v) is 11.7. The molecular formula is C11H18F2O2S2. The molecule has 2 aliphatic rings. The van der Waals surface area contributed by atoms with Gasteiger partial charge in [-0.1, -0.05) is 0 Å². The molecule has 0 aliphatic heterocycles. The van der Waals surface area contributed by atoms with Gasteiger partial charge < -0.3 is 0 Å². The van der Waals surface area contributed by atoms with Gasteiger partial charge in [-0.25, -0.2) is 8.42 Å². The molecule has 0 aromatic heterocycles. The first-order valence-electron chi connectivity index (χ1n) is 5.85. The van der Waals surface area contributed by atoms with Crippen LogP contribution in [0.3, 0.4) is 0 Å². The summed E-state index contributed by atoms with van der Waals surface area (Å²) >= 11 is 1.82. The molecule has 0 spiro atoms. The Bertz CT molecular complexity index is 394. The molecule has 100 valence electrons. The summed E-state index contributed by atoms with van der Waals surface area (Å²) in [6.07, 6.45) is 4.98. The first-order valence-corrected chi connectivity index (χ1v) is 9.02. The maximum Gasteiger partial charge on any atom is 0.345 e. The minimum atomic E-state index is -4.26. The summed E-state index contributed by atoms with van der Waals surface area (Å²) in [4.78, 5) is 0. The zero-order valence-electron chi connectivity index (χ0n) is 10.0. The van der Waals surface area contributed by atoms with E-state index in [0.717, 1.165) is 19.3 Å². The molecule has 0 radical (unpaired) electrons. The number of thioether (sulfide) groups is 1. The second kappa shape index (κ2) is 4.37. The Morgan fingerprint density at radius 1 is 1.24 bits per heavy atom. The quantitative estimate of drug-likeness (QED) is 0.796. The lowest BCUT2D eigenvalue weighted by molar-refractivity contribution is 0.0522. The van der Waals surface area contributed by atoms with E-state index in [-0.39, 0.29) is 5.92 Å². The fraction of sp³-hybridized carbons (Fsp3) is 1.00. The van der Waals surface area contributed by atoms with Gasteiger partial charge in [0.25, 0.3) is 0 Å². The predicted molar refractivity (Wildman–Crippen MR) is 66.0 cm³/mol. The Hall–Kier alpha value is 0.160. The van der Waals surface area contributed by atoms with Gasteiger partial charge in [-0.2, -0.15) is 20.5 Å². The van der Waals surface area contributed by atoms with Gasteiger partial charge in [0.2, 0.25) is 9.84 Å². The Labute approximate surface area is 105 Å². The van der Waals surface area contributed by atoms with E-state index in [0.29, 0.717) is 23.3 Å². The van der Waals surface area contributed by atoms with Gasteiger partial charge >= 0.3 is 5.25 Å². The molecule has 0 aromatic carbocycles. The SMILES string of the molecule is CSC1CC2CC1CC2CC(F)(F)S(C)(=O)=O. The van der Waals surface area contributed by atoms with Crippen molar-refractivity contribution in [1.29, 1.82) is 0 Å². The van der Waals surface area contributed by atoms with E-state index in [1.807, 2.05) is 11.8 Å². The minimum absolute atomic E-state index is 0.104. The van der Waals surface area contributed by atoms with Gasteiger partial charge in [0.15, 0.2) is 0 Å². The number of alkyl halides is 2. The number of halogens is 2. The molecule has 0 amide bonds. The van der Waals surface area contributed by atoms with Crippen LogP contribution in [-0.2, 0) is 9.84 Å². The molecule has 0 heterocycles. The third kappa shape index (κ3) is 2.48. The highest BCUT2D eigenvalue weighted by Crippen LogP contribution is 2.54. The summed E-state index contributed by atoms with van der Waals surface area (Å²) in [7, 11) is -4.26. The van der Waals surface area contributed by atoms with Crippen LogP contribution in [0, 0.1) is 17.8 Å². The third-order valence-corrected chi connectivity index (χ3v) is 6.72. The molecule has 2 rings (SSSR count).